The van der Waals surface area contributed by atoms with Crippen molar-refractivity contribution < 1.29 is 14.1 Å². The van der Waals surface area contributed by atoms with E-state index >= 15 is 0 Å². The van der Waals surface area contributed by atoms with Crippen LogP contribution in [-0.2, 0) is 4.79 Å². The maximum absolute atomic E-state index is 13.5. The molecule has 1 atom stereocenters. The van der Waals surface area contributed by atoms with E-state index in [-0.39, 0.29) is 12.5 Å². The number of anilines is 2. The van der Waals surface area contributed by atoms with Crippen LogP contribution in [0.3, 0.4) is 0 Å². The lowest BCUT2D eigenvalue weighted by molar-refractivity contribution is -0.113. The maximum Gasteiger partial charge on any atom is 0.257 e. The molecule has 0 radical (unpaired) electrons. The van der Waals surface area contributed by atoms with Gasteiger partial charge in [-0.3, -0.25) is 9.69 Å². The van der Waals surface area contributed by atoms with Crippen molar-refractivity contribution in [1.82, 2.24) is 10.5 Å². The van der Waals surface area contributed by atoms with Gasteiger partial charge in [0, 0.05) is 23.0 Å². The molecule has 0 unspecified atom stereocenters. The van der Waals surface area contributed by atoms with Gasteiger partial charge >= 0.3 is 0 Å². The zero-order valence-corrected chi connectivity index (χ0v) is 19.0. The number of rotatable bonds is 6. The van der Waals surface area contributed by atoms with Crippen molar-refractivity contribution in [3.05, 3.63) is 83.3 Å². The second-order valence-electron chi connectivity index (χ2n) is 7.36. The van der Waals surface area contributed by atoms with Gasteiger partial charge in [-0.25, -0.2) is 0 Å². The van der Waals surface area contributed by atoms with Gasteiger partial charge in [-0.15, -0.1) is 6.42 Å². The predicted octanol–water partition coefficient (Wildman–Crippen LogP) is 4.34. The van der Waals surface area contributed by atoms with E-state index in [4.69, 9.17) is 27.9 Å². The number of terminal acetylenes is 1. The normalized spacial score (nSPS) is 15.6. The topological polar surface area (TPSA) is 79.6 Å². The van der Waals surface area contributed by atoms with Crippen molar-refractivity contribution in [2.75, 3.05) is 16.8 Å². The average molecular weight is 459 g/mol. The second kappa shape index (κ2) is 9.59. The van der Waals surface area contributed by atoms with Crippen molar-refractivity contribution in [3.8, 4) is 18.1 Å². The molecule has 0 saturated heterocycles. The molecule has 1 aliphatic heterocycles. The number of carbonyl (C=O) groups excluding carboxylic acids is 1. The van der Waals surface area contributed by atoms with E-state index in [1.165, 1.54) is 0 Å². The van der Waals surface area contributed by atoms with Crippen LogP contribution in [-0.4, -0.2) is 22.8 Å². The Morgan fingerprint density at radius 3 is 2.67 bits per heavy atom. The van der Waals surface area contributed by atoms with Crippen LogP contribution in [0.15, 0.2) is 76.5 Å². The number of aromatic nitrogens is 1. The summed E-state index contributed by atoms with van der Waals surface area (Å²) in [5.41, 5.74) is 2.72. The first-order valence-corrected chi connectivity index (χ1v) is 10.7. The predicted molar refractivity (Wildman–Crippen MR) is 131 cm³/mol. The number of para-hydroxylation sites is 2. The summed E-state index contributed by atoms with van der Waals surface area (Å²) in [6, 6.07) is 18.1. The maximum atomic E-state index is 13.5. The monoisotopic (exact) mass is 458 g/mol. The first kappa shape index (κ1) is 22.1. The fourth-order valence-electron chi connectivity index (χ4n) is 3.74. The molecule has 0 bridgehead atoms. The molecule has 2 N–H and O–H groups in total. The third kappa shape index (κ3) is 4.59. The summed E-state index contributed by atoms with van der Waals surface area (Å²) in [5, 5.41) is 10.5. The van der Waals surface area contributed by atoms with Gasteiger partial charge in [0.1, 0.15) is 18.1 Å². The minimum absolute atomic E-state index is 0.104. The van der Waals surface area contributed by atoms with E-state index in [0.717, 1.165) is 11.3 Å². The molecular weight excluding hydrogens is 436 g/mol. The third-order valence-electron chi connectivity index (χ3n) is 5.15. The van der Waals surface area contributed by atoms with Crippen molar-refractivity contribution in [2.24, 2.45) is 0 Å². The van der Waals surface area contributed by atoms with Gasteiger partial charge in [0.2, 0.25) is 0 Å². The van der Waals surface area contributed by atoms with Crippen LogP contribution in [0.4, 0.5) is 11.5 Å². The second-order valence-corrected chi connectivity index (χ2v) is 7.75. The van der Waals surface area contributed by atoms with Crippen LogP contribution in [0.5, 0.6) is 5.75 Å². The number of ether oxygens (including phenoxy) is 1. The Hall–Kier alpha value is -4.09. The van der Waals surface area contributed by atoms with Crippen molar-refractivity contribution in [2.45, 2.75) is 19.9 Å². The molecule has 33 heavy (non-hydrogen) atoms. The molecule has 0 aliphatic carbocycles. The molecule has 7 nitrogen and oxygen atoms in total. The van der Waals surface area contributed by atoms with Crippen molar-refractivity contribution in [3.63, 3.8) is 0 Å². The number of benzene rings is 2. The summed E-state index contributed by atoms with van der Waals surface area (Å²) in [6.07, 6.45) is 5.39. The Labute approximate surface area is 197 Å². The largest absolute Gasteiger partial charge is 0.481 e. The van der Waals surface area contributed by atoms with Crippen LogP contribution < -0.4 is 20.3 Å². The quantitative estimate of drug-likeness (QED) is 0.420. The van der Waals surface area contributed by atoms with E-state index in [1.54, 1.807) is 13.0 Å². The fourth-order valence-corrected chi connectivity index (χ4v) is 4.10. The van der Waals surface area contributed by atoms with Crippen LogP contribution in [0.25, 0.3) is 0 Å². The van der Waals surface area contributed by atoms with Gasteiger partial charge in [-0.2, -0.15) is 0 Å². The summed E-state index contributed by atoms with van der Waals surface area (Å²) < 4.78 is 10.9. The number of allylic oxidation sites excluding steroid dienone is 1. The number of amides is 1. The number of nitrogens with zero attached hydrogens (tertiary/aromatic N) is 2. The Morgan fingerprint density at radius 1 is 1.24 bits per heavy atom. The molecule has 0 saturated carbocycles. The molecule has 0 fully saturated rings. The van der Waals surface area contributed by atoms with Gasteiger partial charge in [-0.1, -0.05) is 47.5 Å². The number of hydrogen-bond acceptors (Lipinski definition) is 5. The first-order valence-electron chi connectivity index (χ1n) is 10.3. The Bertz CT molecular complexity index is 1260. The standard InChI is InChI=1S/C25H22N4O3S/c1-4-14-31-20-13-9-8-12-19(20)23-22(24(30)26-21-15-16(2)32-28-21)17(3)29(25(33)27-23)18-10-6-5-7-11-18/h1,5-13,15,23H,14H2,2-3H3,(H,27,33)(H,26,28,30)/t23-/m1/s1. The van der Waals surface area contributed by atoms with E-state index in [0.29, 0.717) is 33.7 Å². The molecule has 1 aliphatic rings. The number of aryl methyl sites for hydroxylation is 1. The number of nitrogens with one attached hydrogen (secondary N) is 2. The molecule has 1 aromatic heterocycles. The van der Waals surface area contributed by atoms with E-state index in [9.17, 15) is 4.79 Å². The van der Waals surface area contributed by atoms with E-state index in [1.807, 2.05) is 66.4 Å². The highest BCUT2D eigenvalue weighted by molar-refractivity contribution is 7.80. The van der Waals surface area contributed by atoms with Gasteiger partial charge in [0.25, 0.3) is 5.91 Å². The van der Waals surface area contributed by atoms with Gasteiger partial charge in [0.15, 0.2) is 10.9 Å². The first-order chi connectivity index (χ1) is 16.0. The molecule has 3 aromatic rings. The SMILES string of the molecule is C#CCOc1ccccc1[C@H]1NC(=S)N(c2ccccc2)C(C)=C1C(=O)Nc1cc(C)on1. The zero-order valence-electron chi connectivity index (χ0n) is 18.2. The van der Waals surface area contributed by atoms with Crippen LogP contribution in [0.1, 0.15) is 24.3 Å². The van der Waals surface area contributed by atoms with Gasteiger partial charge < -0.3 is 19.9 Å². The summed E-state index contributed by atoms with van der Waals surface area (Å²) >= 11 is 5.72. The summed E-state index contributed by atoms with van der Waals surface area (Å²) in [4.78, 5) is 15.4. The van der Waals surface area contributed by atoms with Crippen LogP contribution in [0, 0.1) is 19.3 Å². The molecule has 2 heterocycles. The zero-order chi connectivity index (χ0) is 23.4. The highest BCUT2D eigenvalue weighted by Gasteiger charge is 2.36. The lowest BCUT2D eigenvalue weighted by atomic mass is 9.93. The number of carbonyl (C=O) groups is 1. The Kier molecular flexibility index (Phi) is 6.43. The van der Waals surface area contributed by atoms with E-state index < -0.39 is 6.04 Å². The summed E-state index contributed by atoms with van der Waals surface area (Å²) in [5.74, 6) is 3.62. The molecule has 4 rings (SSSR count). The van der Waals surface area contributed by atoms with Crippen molar-refractivity contribution >= 4 is 34.7 Å². The molecular formula is C25H22N4O3S. The summed E-state index contributed by atoms with van der Waals surface area (Å²) in [6.45, 7) is 3.72. The van der Waals surface area contributed by atoms with Crippen molar-refractivity contribution in [1.29, 1.82) is 0 Å². The fraction of sp³-hybridized carbons (Fsp3) is 0.160. The lowest BCUT2D eigenvalue weighted by Gasteiger charge is -2.38. The molecule has 166 valence electrons. The van der Waals surface area contributed by atoms with Gasteiger partial charge in [-0.05, 0) is 44.3 Å². The average Bonchev–Trinajstić information content (AvgIpc) is 3.22. The summed E-state index contributed by atoms with van der Waals surface area (Å²) in [7, 11) is 0. The minimum Gasteiger partial charge on any atom is -0.481 e. The Balaban J connectivity index is 1.82. The molecule has 2 aromatic carbocycles. The number of hydrogen-bond donors (Lipinski definition) is 2. The minimum atomic E-state index is -0.570. The molecule has 8 heteroatoms. The highest BCUT2D eigenvalue weighted by Crippen LogP contribution is 2.37. The van der Waals surface area contributed by atoms with Crippen LogP contribution in [0.2, 0.25) is 0 Å². The van der Waals surface area contributed by atoms with Gasteiger partial charge in [0.05, 0.1) is 11.6 Å². The third-order valence-corrected chi connectivity index (χ3v) is 5.45. The lowest BCUT2D eigenvalue weighted by Crippen LogP contribution is -2.48. The highest BCUT2D eigenvalue weighted by atomic mass is 32.1. The molecule has 0 spiro atoms. The smallest absolute Gasteiger partial charge is 0.257 e. The molecule has 1 amide bonds. The Morgan fingerprint density at radius 2 is 1.97 bits per heavy atom. The van der Waals surface area contributed by atoms with E-state index in [2.05, 4.69) is 21.7 Å². The van der Waals surface area contributed by atoms with Crippen LogP contribution >= 0.6 is 12.2 Å². The number of thiocarbonyl (C=S) groups is 1.